The van der Waals surface area contributed by atoms with Crippen LogP contribution < -0.4 is 10.6 Å². The number of urea groups is 1. The molecule has 1 unspecified atom stereocenters. The number of benzene rings is 1. The number of carbonyl (C=O) groups is 2. The molecule has 0 aliphatic heterocycles. The number of carboxylic acid groups (broad SMARTS) is 1. The summed E-state index contributed by atoms with van der Waals surface area (Å²) in [5.74, 6) is -0.980. The first-order valence-electron chi connectivity index (χ1n) is 9.13. The lowest BCUT2D eigenvalue weighted by Gasteiger charge is -2.30. The second-order valence-electron chi connectivity index (χ2n) is 7.86. The maximum atomic E-state index is 12.2. The van der Waals surface area contributed by atoms with Gasteiger partial charge in [-0.15, -0.1) is 0 Å². The Morgan fingerprint density at radius 2 is 1.76 bits per heavy atom. The topological polar surface area (TPSA) is 78.4 Å². The van der Waals surface area contributed by atoms with Gasteiger partial charge >= 0.3 is 12.0 Å². The Morgan fingerprint density at radius 3 is 2.32 bits per heavy atom. The zero-order chi connectivity index (χ0) is 18.4. The first-order valence-corrected chi connectivity index (χ1v) is 9.13. The van der Waals surface area contributed by atoms with Crippen LogP contribution in [-0.2, 0) is 10.2 Å². The van der Waals surface area contributed by atoms with Gasteiger partial charge in [-0.1, -0.05) is 44.2 Å². The summed E-state index contributed by atoms with van der Waals surface area (Å²) in [7, 11) is 0. The molecule has 3 N–H and O–H groups in total. The Hall–Kier alpha value is -2.04. The number of hydrogen-bond donors (Lipinski definition) is 3. The van der Waals surface area contributed by atoms with E-state index in [9.17, 15) is 9.59 Å². The van der Waals surface area contributed by atoms with Crippen molar-refractivity contribution in [3.8, 4) is 0 Å². The largest absolute Gasteiger partial charge is 0.481 e. The Kier molecular flexibility index (Phi) is 6.45. The number of aliphatic carboxylic acids is 1. The molecule has 1 atom stereocenters. The number of nitrogens with one attached hydrogen (secondary N) is 2. The van der Waals surface area contributed by atoms with Crippen LogP contribution >= 0.6 is 0 Å². The molecular weight excluding hydrogens is 316 g/mol. The van der Waals surface area contributed by atoms with Gasteiger partial charge in [0, 0.05) is 12.1 Å². The van der Waals surface area contributed by atoms with Crippen molar-refractivity contribution in [3.63, 3.8) is 0 Å². The SMILES string of the molecule is CC(CC(C)(C)c1ccccc1)NC(=O)NC1CCC(C(=O)O)CC1. The van der Waals surface area contributed by atoms with Crippen LogP contribution in [0.3, 0.4) is 0 Å². The monoisotopic (exact) mass is 346 g/mol. The van der Waals surface area contributed by atoms with E-state index in [1.165, 1.54) is 5.56 Å². The third-order valence-corrected chi connectivity index (χ3v) is 5.16. The van der Waals surface area contributed by atoms with E-state index in [0.29, 0.717) is 12.8 Å². The van der Waals surface area contributed by atoms with E-state index in [0.717, 1.165) is 19.3 Å². The molecule has 1 aromatic carbocycles. The summed E-state index contributed by atoms with van der Waals surface area (Å²) in [5, 5.41) is 15.0. The highest BCUT2D eigenvalue weighted by molar-refractivity contribution is 5.74. The number of carbonyl (C=O) groups excluding carboxylic acids is 1. The predicted molar refractivity (Wildman–Crippen MR) is 98.6 cm³/mol. The fourth-order valence-corrected chi connectivity index (χ4v) is 3.76. The van der Waals surface area contributed by atoms with Crippen LogP contribution in [0.25, 0.3) is 0 Å². The van der Waals surface area contributed by atoms with E-state index in [4.69, 9.17) is 5.11 Å². The summed E-state index contributed by atoms with van der Waals surface area (Å²) in [5.41, 5.74) is 1.24. The first-order chi connectivity index (χ1) is 11.8. The van der Waals surface area contributed by atoms with Gasteiger partial charge in [-0.25, -0.2) is 4.79 Å². The van der Waals surface area contributed by atoms with Crippen molar-refractivity contribution in [2.24, 2.45) is 5.92 Å². The Bertz CT molecular complexity index is 578. The van der Waals surface area contributed by atoms with E-state index in [-0.39, 0.29) is 29.4 Å². The number of rotatable bonds is 6. The number of amides is 2. The van der Waals surface area contributed by atoms with Crippen LogP contribution in [0.15, 0.2) is 30.3 Å². The highest BCUT2D eigenvalue weighted by atomic mass is 16.4. The minimum atomic E-state index is -0.723. The average molecular weight is 346 g/mol. The minimum absolute atomic E-state index is 0.0203. The van der Waals surface area contributed by atoms with Crippen LogP contribution in [0.2, 0.25) is 0 Å². The second-order valence-corrected chi connectivity index (χ2v) is 7.86. The van der Waals surface area contributed by atoms with Gasteiger partial charge in [0.2, 0.25) is 0 Å². The van der Waals surface area contributed by atoms with E-state index in [1.54, 1.807) is 0 Å². The highest BCUT2D eigenvalue weighted by Gasteiger charge is 2.28. The Labute approximate surface area is 150 Å². The molecule has 5 heteroatoms. The predicted octanol–water partition coefficient (Wildman–Crippen LogP) is 3.69. The molecular formula is C20H30N2O3. The lowest BCUT2D eigenvalue weighted by molar-refractivity contribution is -0.142. The van der Waals surface area contributed by atoms with Crippen LogP contribution in [0, 0.1) is 5.92 Å². The molecule has 2 amide bonds. The van der Waals surface area contributed by atoms with Crippen molar-refractivity contribution < 1.29 is 14.7 Å². The fourth-order valence-electron chi connectivity index (χ4n) is 3.76. The molecule has 138 valence electrons. The smallest absolute Gasteiger partial charge is 0.315 e. The summed E-state index contributed by atoms with van der Waals surface area (Å²) in [6.07, 6.45) is 3.58. The molecule has 0 aromatic heterocycles. The Morgan fingerprint density at radius 1 is 1.16 bits per heavy atom. The van der Waals surface area contributed by atoms with Gasteiger partial charge in [0.05, 0.1) is 5.92 Å². The molecule has 0 spiro atoms. The maximum Gasteiger partial charge on any atom is 0.315 e. The second kappa shape index (κ2) is 8.37. The lowest BCUT2D eigenvalue weighted by Crippen LogP contribution is -2.47. The quantitative estimate of drug-likeness (QED) is 0.735. The van der Waals surface area contributed by atoms with Gasteiger partial charge in [0.15, 0.2) is 0 Å². The molecule has 1 aliphatic carbocycles. The zero-order valence-electron chi connectivity index (χ0n) is 15.4. The van der Waals surface area contributed by atoms with E-state index < -0.39 is 5.97 Å². The van der Waals surface area contributed by atoms with E-state index in [2.05, 4.69) is 36.6 Å². The third kappa shape index (κ3) is 5.76. The van der Waals surface area contributed by atoms with Crippen molar-refractivity contribution in [2.75, 3.05) is 0 Å². The van der Waals surface area contributed by atoms with Crippen LogP contribution in [0.1, 0.15) is 58.4 Å². The van der Waals surface area contributed by atoms with Crippen LogP contribution in [0.4, 0.5) is 4.79 Å². The van der Waals surface area contributed by atoms with Gasteiger partial charge < -0.3 is 15.7 Å². The number of hydrogen-bond acceptors (Lipinski definition) is 2. The summed E-state index contributed by atoms with van der Waals surface area (Å²) in [6.45, 7) is 6.39. The summed E-state index contributed by atoms with van der Waals surface area (Å²) >= 11 is 0. The van der Waals surface area contributed by atoms with Gasteiger partial charge in [-0.05, 0) is 50.0 Å². The number of carboxylic acids is 1. The van der Waals surface area contributed by atoms with Gasteiger partial charge in [-0.2, -0.15) is 0 Å². The molecule has 1 saturated carbocycles. The van der Waals surface area contributed by atoms with Gasteiger partial charge in [-0.3, -0.25) is 4.79 Å². The zero-order valence-corrected chi connectivity index (χ0v) is 15.4. The van der Waals surface area contributed by atoms with Gasteiger partial charge in [0.25, 0.3) is 0 Å². The standard InChI is InChI=1S/C20H30N2O3/c1-14(13-20(2,3)16-7-5-4-6-8-16)21-19(25)22-17-11-9-15(10-12-17)18(23)24/h4-8,14-15,17H,9-13H2,1-3H3,(H,23,24)(H2,21,22,25). The lowest BCUT2D eigenvalue weighted by atomic mass is 9.79. The summed E-state index contributed by atoms with van der Waals surface area (Å²) in [6, 6.07) is 10.3. The van der Waals surface area contributed by atoms with Crippen molar-refractivity contribution in [1.29, 1.82) is 0 Å². The molecule has 5 nitrogen and oxygen atoms in total. The first kappa shape index (κ1) is 19.3. The third-order valence-electron chi connectivity index (χ3n) is 5.16. The minimum Gasteiger partial charge on any atom is -0.481 e. The molecule has 1 fully saturated rings. The van der Waals surface area contributed by atoms with E-state index in [1.807, 2.05) is 25.1 Å². The van der Waals surface area contributed by atoms with Crippen molar-refractivity contribution in [3.05, 3.63) is 35.9 Å². The fraction of sp³-hybridized carbons (Fsp3) is 0.600. The van der Waals surface area contributed by atoms with Crippen LogP contribution in [0.5, 0.6) is 0 Å². The maximum absolute atomic E-state index is 12.2. The molecule has 0 bridgehead atoms. The highest BCUT2D eigenvalue weighted by Crippen LogP contribution is 2.28. The van der Waals surface area contributed by atoms with Gasteiger partial charge in [0.1, 0.15) is 0 Å². The molecule has 0 radical (unpaired) electrons. The van der Waals surface area contributed by atoms with Crippen molar-refractivity contribution in [2.45, 2.75) is 70.4 Å². The molecule has 1 aromatic rings. The Balaban J connectivity index is 1.78. The van der Waals surface area contributed by atoms with Crippen molar-refractivity contribution >= 4 is 12.0 Å². The molecule has 25 heavy (non-hydrogen) atoms. The molecule has 2 rings (SSSR count). The van der Waals surface area contributed by atoms with Crippen LogP contribution in [-0.4, -0.2) is 29.2 Å². The van der Waals surface area contributed by atoms with Crippen molar-refractivity contribution in [1.82, 2.24) is 10.6 Å². The molecule has 0 heterocycles. The van der Waals surface area contributed by atoms with E-state index >= 15 is 0 Å². The molecule has 0 saturated heterocycles. The molecule has 1 aliphatic rings. The normalized spacial score (nSPS) is 22.0. The summed E-state index contributed by atoms with van der Waals surface area (Å²) < 4.78 is 0. The average Bonchev–Trinajstić information content (AvgIpc) is 2.55. The summed E-state index contributed by atoms with van der Waals surface area (Å²) in [4.78, 5) is 23.2.